The summed E-state index contributed by atoms with van der Waals surface area (Å²) in [6, 6.07) is 9.39. The Bertz CT molecular complexity index is 1240. The Kier molecular flexibility index (Phi) is 5.38. The normalized spacial score (nSPS) is 10.8. The van der Waals surface area contributed by atoms with Gasteiger partial charge in [0.2, 0.25) is 0 Å². The Balaban J connectivity index is 1.58. The monoisotopic (exact) mass is 413 g/mol. The van der Waals surface area contributed by atoms with Crippen molar-refractivity contribution in [2.24, 2.45) is 7.05 Å². The first-order valence-electron chi connectivity index (χ1n) is 9.19. The SMILES string of the molecule is [B]c1cncc(C(=O)Nc2ccc(-c3cc(-c4cnn(C)c4)ccc3Cl)cn2)c1C. The second kappa shape index (κ2) is 8.12. The molecule has 1 N–H and O–H groups in total. The number of pyridine rings is 2. The Morgan fingerprint density at radius 2 is 1.87 bits per heavy atom. The van der Waals surface area contributed by atoms with Gasteiger partial charge in [0.1, 0.15) is 13.7 Å². The highest BCUT2D eigenvalue weighted by Gasteiger charge is 2.13. The predicted octanol–water partition coefficient (Wildman–Crippen LogP) is 3.55. The zero-order valence-corrected chi connectivity index (χ0v) is 17.2. The quantitative estimate of drug-likeness (QED) is 0.519. The fourth-order valence-electron chi connectivity index (χ4n) is 3.08. The molecule has 8 heteroatoms. The lowest BCUT2D eigenvalue weighted by molar-refractivity contribution is 0.102. The summed E-state index contributed by atoms with van der Waals surface area (Å²) < 4.78 is 1.75. The average Bonchev–Trinajstić information content (AvgIpc) is 3.17. The molecule has 0 fully saturated rings. The van der Waals surface area contributed by atoms with Crippen LogP contribution in [0.5, 0.6) is 0 Å². The smallest absolute Gasteiger partial charge is 0.258 e. The number of anilines is 1. The second-order valence-electron chi connectivity index (χ2n) is 6.88. The second-order valence-corrected chi connectivity index (χ2v) is 7.29. The van der Waals surface area contributed by atoms with Gasteiger partial charge in [-0.2, -0.15) is 5.10 Å². The van der Waals surface area contributed by atoms with Crippen LogP contribution in [0.2, 0.25) is 5.02 Å². The van der Waals surface area contributed by atoms with E-state index in [1.165, 1.54) is 12.4 Å². The molecule has 1 aromatic carbocycles. The first kappa shape index (κ1) is 19.9. The number of aryl methyl sites for hydroxylation is 1. The number of halogens is 1. The zero-order valence-electron chi connectivity index (χ0n) is 16.4. The number of hydrogen-bond donors (Lipinski definition) is 1. The lowest BCUT2D eigenvalue weighted by Crippen LogP contribution is -2.19. The Morgan fingerprint density at radius 1 is 1.07 bits per heavy atom. The number of benzene rings is 1. The third-order valence-electron chi connectivity index (χ3n) is 4.82. The van der Waals surface area contributed by atoms with Crippen molar-refractivity contribution in [1.82, 2.24) is 19.7 Å². The Morgan fingerprint density at radius 3 is 2.57 bits per heavy atom. The van der Waals surface area contributed by atoms with Crippen molar-refractivity contribution in [3.05, 3.63) is 77.5 Å². The van der Waals surface area contributed by atoms with Crippen molar-refractivity contribution in [2.45, 2.75) is 6.92 Å². The van der Waals surface area contributed by atoms with E-state index in [1.807, 2.05) is 37.5 Å². The van der Waals surface area contributed by atoms with Gasteiger partial charge in [0.05, 0.1) is 11.8 Å². The number of aromatic nitrogens is 4. The van der Waals surface area contributed by atoms with Gasteiger partial charge >= 0.3 is 0 Å². The molecule has 1 amide bonds. The summed E-state index contributed by atoms with van der Waals surface area (Å²) in [5.41, 5.74) is 5.24. The van der Waals surface area contributed by atoms with Crippen LogP contribution in [0, 0.1) is 6.92 Å². The maximum absolute atomic E-state index is 12.5. The van der Waals surface area contributed by atoms with E-state index in [-0.39, 0.29) is 5.91 Å². The molecule has 0 unspecified atom stereocenters. The van der Waals surface area contributed by atoms with E-state index in [0.29, 0.717) is 27.4 Å². The van der Waals surface area contributed by atoms with Crippen molar-refractivity contribution >= 4 is 36.6 Å². The number of carbonyl (C=O) groups excluding carboxylic acids is 1. The molecule has 0 saturated heterocycles. The first-order valence-corrected chi connectivity index (χ1v) is 9.56. The van der Waals surface area contributed by atoms with E-state index in [4.69, 9.17) is 19.4 Å². The molecular weight excluding hydrogens is 397 g/mol. The van der Waals surface area contributed by atoms with Gasteiger partial charge in [-0.05, 0) is 42.3 Å². The standard InChI is InChI=1S/C22H17BClN5O/c1-13-18(10-25-11-19(13)23)22(30)28-21-6-4-15(8-26-21)17-7-14(3-5-20(17)24)16-9-27-29(2)12-16/h3-12H,1-2H3,(H,26,28,30). The first-order chi connectivity index (χ1) is 14.4. The average molecular weight is 414 g/mol. The Hall–Kier alpha value is -3.45. The third kappa shape index (κ3) is 3.97. The van der Waals surface area contributed by atoms with Gasteiger partial charge in [0.25, 0.3) is 5.91 Å². The molecule has 0 aliphatic heterocycles. The van der Waals surface area contributed by atoms with Crippen LogP contribution in [0.4, 0.5) is 5.82 Å². The highest BCUT2D eigenvalue weighted by Crippen LogP contribution is 2.32. The molecule has 6 nitrogen and oxygen atoms in total. The van der Waals surface area contributed by atoms with Crippen LogP contribution in [0.25, 0.3) is 22.3 Å². The van der Waals surface area contributed by atoms with Crippen LogP contribution in [-0.4, -0.2) is 33.5 Å². The zero-order chi connectivity index (χ0) is 21.3. The number of nitrogens with zero attached hydrogens (tertiary/aromatic N) is 4. The number of amides is 1. The van der Waals surface area contributed by atoms with Crippen LogP contribution in [-0.2, 0) is 7.05 Å². The molecule has 30 heavy (non-hydrogen) atoms. The van der Waals surface area contributed by atoms with Gasteiger partial charge < -0.3 is 5.32 Å². The summed E-state index contributed by atoms with van der Waals surface area (Å²) in [5, 5.41) is 7.60. The molecule has 0 atom stereocenters. The number of hydrogen-bond acceptors (Lipinski definition) is 4. The summed E-state index contributed by atoms with van der Waals surface area (Å²) in [5.74, 6) is 0.106. The minimum atomic E-state index is -0.316. The molecular formula is C22H17BClN5O. The van der Waals surface area contributed by atoms with Gasteiger partial charge in [-0.25, -0.2) is 4.98 Å². The van der Waals surface area contributed by atoms with Gasteiger partial charge in [-0.1, -0.05) is 23.1 Å². The van der Waals surface area contributed by atoms with Crippen LogP contribution in [0.3, 0.4) is 0 Å². The lowest BCUT2D eigenvalue weighted by Gasteiger charge is -2.10. The van der Waals surface area contributed by atoms with Crippen LogP contribution in [0.15, 0.2) is 61.3 Å². The summed E-state index contributed by atoms with van der Waals surface area (Å²) in [7, 11) is 7.70. The van der Waals surface area contributed by atoms with Gasteiger partial charge in [-0.15, -0.1) is 0 Å². The van der Waals surface area contributed by atoms with E-state index in [9.17, 15) is 4.79 Å². The Labute approximate surface area is 180 Å². The summed E-state index contributed by atoms with van der Waals surface area (Å²) >= 11 is 6.42. The van der Waals surface area contributed by atoms with Gasteiger partial charge in [0, 0.05) is 53.5 Å². The molecule has 4 rings (SSSR count). The van der Waals surface area contributed by atoms with Crippen molar-refractivity contribution in [3.8, 4) is 22.3 Å². The van der Waals surface area contributed by atoms with Crippen LogP contribution < -0.4 is 10.8 Å². The van der Waals surface area contributed by atoms with E-state index in [1.54, 1.807) is 30.1 Å². The van der Waals surface area contributed by atoms with Gasteiger partial charge in [-0.3, -0.25) is 14.5 Å². The van der Waals surface area contributed by atoms with Crippen molar-refractivity contribution in [1.29, 1.82) is 0 Å². The molecule has 2 radical (unpaired) electrons. The fraction of sp³-hybridized carbons (Fsp3) is 0.0909. The molecule has 0 saturated carbocycles. The van der Waals surface area contributed by atoms with E-state index < -0.39 is 0 Å². The molecule has 0 spiro atoms. The van der Waals surface area contributed by atoms with Gasteiger partial charge in [0.15, 0.2) is 0 Å². The number of carbonyl (C=O) groups is 1. The highest BCUT2D eigenvalue weighted by atomic mass is 35.5. The minimum Gasteiger partial charge on any atom is -0.307 e. The van der Waals surface area contributed by atoms with E-state index in [0.717, 1.165) is 22.3 Å². The lowest BCUT2D eigenvalue weighted by atomic mass is 9.91. The molecule has 0 bridgehead atoms. The molecule has 146 valence electrons. The molecule has 3 aromatic heterocycles. The molecule has 4 aromatic rings. The predicted molar refractivity (Wildman–Crippen MR) is 119 cm³/mol. The molecule has 0 aliphatic rings. The van der Waals surface area contributed by atoms with Crippen LogP contribution in [0.1, 0.15) is 15.9 Å². The topological polar surface area (TPSA) is 72.7 Å². The maximum Gasteiger partial charge on any atom is 0.258 e. The number of rotatable bonds is 4. The molecule has 3 heterocycles. The minimum absolute atomic E-state index is 0.316. The maximum atomic E-state index is 12.5. The fourth-order valence-corrected chi connectivity index (χ4v) is 3.30. The third-order valence-corrected chi connectivity index (χ3v) is 5.15. The van der Waals surface area contributed by atoms with Crippen LogP contribution >= 0.6 is 11.6 Å². The van der Waals surface area contributed by atoms with Crippen molar-refractivity contribution < 1.29 is 4.79 Å². The highest BCUT2D eigenvalue weighted by molar-refractivity contribution is 6.34. The molecule has 0 aliphatic carbocycles. The summed E-state index contributed by atoms with van der Waals surface area (Å²) in [6.45, 7) is 1.78. The van der Waals surface area contributed by atoms with E-state index in [2.05, 4.69) is 20.4 Å². The van der Waals surface area contributed by atoms with Crippen molar-refractivity contribution in [3.63, 3.8) is 0 Å². The summed E-state index contributed by atoms with van der Waals surface area (Å²) in [6.07, 6.45) is 8.42. The largest absolute Gasteiger partial charge is 0.307 e. The van der Waals surface area contributed by atoms with Crippen molar-refractivity contribution in [2.75, 3.05) is 5.32 Å². The summed E-state index contributed by atoms with van der Waals surface area (Å²) in [4.78, 5) is 20.9. The number of nitrogens with one attached hydrogen (secondary N) is 1. The van der Waals surface area contributed by atoms with E-state index >= 15 is 0 Å².